The van der Waals surface area contributed by atoms with Gasteiger partial charge >= 0.3 is 0 Å². The number of hydrogen-bond acceptors (Lipinski definition) is 5. The second-order valence-electron chi connectivity index (χ2n) is 8.88. The maximum atomic E-state index is 13.9. The lowest BCUT2D eigenvalue weighted by Gasteiger charge is -2.30. The lowest BCUT2D eigenvalue weighted by Crippen LogP contribution is -2.39. The third kappa shape index (κ3) is 4.18. The van der Waals surface area contributed by atoms with Crippen LogP contribution in [0.25, 0.3) is 10.9 Å². The molecule has 0 bridgehead atoms. The fourth-order valence-electron chi connectivity index (χ4n) is 4.65. The quantitative estimate of drug-likeness (QED) is 0.268. The number of carbonyl (C=O) groups is 1. The van der Waals surface area contributed by atoms with Crippen LogP contribution in [0.1, 0.15) is 11.4 Å². The summed E-state index contributed by atoms with van der Waals surface area (Å²) in [6.07, 6.45) is 0. The van der Waals surface area contributed by atoms with Gasteiger partial charge in [-0.25, -0.2) is 4.98 Å². The van der Waals surface area contributed by atoms with Gasteiger partial charge < -0.3 is 4.90 Å². The molecule has 38 heavy (non-hydrogen) atoms. The molecule has 1 aromatic heterocycles. The highest BCUT2D eigenvalue weighted by Crippen LogP contribution is 2.33. The Hall–Kier alpha value is -4.56. The van der Waals surface area contributed by atoms with Crippen LogP contribution < -0.4 is 15.4 Å². The lowest BCUT2D eigenvalue weighted by molar-refractivity contribution is -0.112. The van der Waals surface area contributed by atoms with Gasteiger partial charge in [-0.2, -0.15) is 9.78 Å². The normalized spacial score (nSPS) is 13.8. The topological polar surface area (TPSA) is 70.8 Å². The molecule has 1 aliphatic heterocycles. The summed E-state index contributed by atoms with van der Waals surface area (Å²) in [5.74, 6) is 0.111. The van der Waals surface area contributed by atoms with Gasteiger partial charge in [-0.15, -0.1) is 0 Å². The zero-order valence-electron chi connectivity index (χ0n) is 20.5. The summed E-state index contributed by atoms with van der Waals surface area (Å²) in [5.41, 5.74) is 3.74. The van der Waals surface area contributed by atoms with E-state index < -0.39 is 0 Å². The molecule has 2 heterocycles. The first-order valence-corrected chi connectivity index (χ1v) is 12.9. The van der Waals surface area contributed by atoms with E-state index in [1.165, 1.54) is 4.68 Å². The molecule has 0 aliphatic carbocycles. The number of para-hydroxylation sites is 3. The minimum absolute atomic E-state index is 0.197. The van der Waals surface area contributed by atoms with E-state index in [2.05, 4.69) is 30.9 Å². The van der Waals surface area contributed by atoms with Gasteiger partial charge in [0.25, 0.3) is 11.5 Å². The van der Waals surface area contributed by atoms with Gasteiger partial charge in [0.1, 0.15) is 12.5 Å². The van der Waals surface area contributed by atoms with E-state index in [1.54, 1.807) is 24.0 Å². The first kappa shape index (κ1) is 23.8. The second-order valence-corrected chi connectivity index (χ2v) is 9.79. The summed E-state index contributed by atoms with van der Waals surface area (Å²) < 4.78 is 1.98. The molecule has 7 nitrogen and oxygen atoms in total. The van der Waals surface area contributed by atoms with E-state index in [-0.39, 0.29) is 23.8 Å². The summed E-state index contributed by atoms with van der Waals surface area (Å²) in [6, 6.07) is 32.7. The second kappa shape index (κ2) is 9.72. The van der Waals surface area contributed by atoms with Crippen LogP contribution in [0.3, 0.4) is 0 Å². The van der Waals surface area contributed by atoms with Gasteiger partial charge in [-0.1, -0.05) is 70.5 Å². The molecule has 0 unspecified atom stereocenters. The standard InChI is InChI=1S/C30H22BrN5O2/c1-20-32-26-17-16-21(31)18-25(26)29(37)36(20)33-28-24-14-8-9-15-27(24)35(30(28)38)19-34(22-10-4-2-5-11-22)23-12-6-3-7-13-23/h2-18H,19H2,1H3/b33-28+. The minimum atomic E-state index is -0.333. The Kier molecular flexibility index (Phi) is 6.09. The fraction of sp³-hybridized carbons (Fsp3) is 0.0667. The number of anilines is 3. The van der Waals surface area contributed by atoms with E-state index in [1.807, 2.05) is 91.0 Å². The van der Waals surface area contributed by atoms with Crippen molar-refractivity contribution in [2.45, 2.75) is 6.92 Å². The number of aryl methyl sites for hydroxylation is 1. The van der Waals surface area contributed by atoms with Gasteiger partial charge in [0.2, 0.25) is 0 Å². The Morgan fingerprint density at radius 2 is 1.47 bits per heavy atom. The number of amides is 1. The smallest absolute Gasteiger partial charge is 0.282 e. The predicted octanol–water partition coefficient (Wildman–Crippen LogP) is 5.86. The third-order valence-corrected chi connectivity index (χ3v) is 6.98. The Morgan fingerprint density at radius 3 is 2.16 bits per heavy atom. The molecular weight excluding hydrogens is 542 g/mol. The van der Waals surface area contributed by atoms with Gasteiger partial charge in [0.05, 0.1) is 16.6 Å². The molecule has 0 fully saturated rings. The number of halogens is 1. The number of benzene rings is 4. The van der Waals surface area contributed by atoms with Crippen molar-refractivity contribution in [1.82, 2.24) is 9.66 Å². The van der Waals surface area contributed by atoms with Crippen molar-refractivity contribution in [2.24, 2.45) is 5.10 Å². The maximum absolute atomic E-state index is 13.9. The molecule has 0 atom stereocenters. The molecule has 8 heteroatoms. The highest BCUT2D eigenvalue weighted by Gasteiger charge is 2.35. The van der Waals surface area contributed by atoms with Gasteiger partial charge in [0.15, 0.2) is 5.71 Å². The van der Waals surface area contributed by atoms with E-state index in [4.69, 9.17) is 0 Å². The van der Waals surface area contributed by atoms with Crippen molar-refractivity contribution in [3.8, 4) is 0 Å². The molecular formula is C30H22BrN5O2. The van der Waals surface area contributed by atoms with E-state index in [9.17, 15) is 9.59 Å². The van der Waals surface area contributed by atoms with Crippen LogP contribution in [0, 0.1) is 6.92 Å². The molecule has 0 radical (unpaired) electrons. The summed E-state index contributed by atoms with van der Waals surface area (Å²) in [7, 11) is 0. The zero-order chi connectivity index (χ0) is 26.2. The van der Waals surface area contributed by atoms with Crippen LogP contribution >= 0.6 is 15.9 Å². The highest BCUT2D eigenvalue weighted by atomic mass is 79.9. The fourth-order valence-corrected chi connectivity index (χ4v) is 5.01. The maximum Gasteiger partial charge on any atom is 0.282 e. The van der Waals surface area contributed by atoms with Crippen molar-refractivity contribution in [3.05, 3.63) is 129 Å². The molecule has 6 rings (SSSR count). The molecule has 5 aromatic rings. The third-order valence-electron chi connectivity index (χ3n) is 6.49. The largest absolute Gasteiger partial charge is 0.323 e. The monoisotopic (exact) mass is 563 g/mol. The van der Waals surface area contributed by atoms with Crippen LogP contribution in [0.5, 0.6) is 0 Å². The molecule has 1 amide bonds. The number of rotatable bonds is 5. The lowest BCUT2D eigenvalue weighted by atomic mass is 10.1. The summed E-state index contributed by atoms with van der Waals surface area (Å²) in [6.45, 7) is 1.97. The van der Waals surface area contributed by atoms with Crippen LogP contribution in [-0.4, -0.2) is 27.9 Å². The molecule has 186 valence electrons. The van der Waals surface area contributed by atoms with Crippen molar-refractivity contribution in [3.63, 3.8) is 0 Å². The van der Waals surface area contributed by atoms with E-state index >= 15 is 0 Å². The molecule has 0 saturated heterocycles. The van der Waals surface area contributed by atoms with Crippen molar-refractivity contribution >= 4 is 55.5 Å². The first-order chi connectivity index (χ1) is 18.5. The van der Waals surface area contributed by atoms with Crippen LogP contribution in [-0.2, 0) is 4.79 Å². The Morgan fingerprint density at radius 1 is 0.842 bits per heavy atom. The number of nitrogens with zero attached hydrogens (tertiary/aromatic N) is 5. The van der Waals surface area contributed by atoms with Gasteiger partial charge in [-0.05, 0) is 55.5 Å². The highest BCUT2D eigenvalue weighted by molar-refractivity contribution is 9.10. The number of carbonyl (C=O) groups excluding carboxylic acids is 1. The number of hydrogen-bond donors (Lipinski definition) is 0. The van der Waals surface area contributed by atoms with Gasteiger partial charge in [-0.3, -0.25) is 14.5 Å². The summed E-state index contributed by atoms with van der Waals surface area (Å²) in [5, 5.41) is 5.02. The van der Waals surface area contributed by atoms with E-state index in [0.29, 0.717) is 22.3 Å². The molecule has 1 aliphatic rings. The summed E-state index contributed by atoms with van der Waals surface area (Å²) >= 11 is 3.42. The number of fused-ring (bicyclic) bond motifs is 2. The van der Waals surface area contributed by atoms with Gasteiger partial charge in [0, 0.05) is 21.4 Å². The Bertz CT molecular complexity index is 1730. The minimum Gasteiger partial charge on any atom is -0.323 e. The Labute approximate surface area is 227 Å². The molecule has 0 saturated carbocycles. The van der Waals surface area contributed by atoms with Crippen LogP contribution in [0.15, 0.2) is 117 Å². The summed E-state index contributed by atoms with van der Waals surface area (Å²) in [4.78, 5) is 35.6. The van der Waals surface area contributed by atoms with Crippen molar-refractivity contribution in [2.75, 3.05) is 16.5 Å². The molecule has 4 aromatic carbocycles. The van der Waals surface area contributed by atoms with Crippen molar-refractivity contribution in [1.29, 1.82) is 0 Å². The predicted molar refractivity (Wildman–Crippen MR) is 154 cm³/mol. The molecule has 0 spiro atoms. The Balaban J connectivity index is 1.46. The first-order valence-electron chi connectivity index (χ1n) is 12.1. The SMILES string of the molecule is Cc1nc2ccc(Br)cc2c(=O)n1/N=C1/C(=O)N(CN(c2ccccc2)c2ccccc2)c2ccccc21. The number of aromatic nitrogens is 2. The van der Waals surface area contributed by atoms with E-state index in [0.717, 1.165) is 21.5 Å². The zero-order valence-corrected chi connectivity index (χ0v) is 22.0. The average Bonchev–Trinajstić information content (AvgIpc) is 3.21. The van der Waals surface area contributed by atoms with Crippen LogP contribution in [0.4, 0.5) is 17.1 Å². The average molecular weight is 564 g/mol. The van der Waals surface area contributed by atoms with Crippen LogP contribution in [0.2, 0.25) is 0 Å². The molecule has 0 N–H and O–H groups in total. The van der Waals surface area contributed by atoms with Crippen molar-refractivity contribution < 1.29 is 4.79 Å².